The van der Waals surface area contributed by atoms with Gasteiger partial charge in [0.15, 0.2) is 0 Å². The van der Waals surface area contributed by atoms with Gasteiger partial charge in [0.05, 0.1) is 13.2 Å². The largest absolute Gasteiger partial charge is 0.382 e. The SMILES string of the molecule is COCCOCCCNC(=O)C1CC(C)CC(N)C1. The summed E-state index contributed by atoms with van der Waals surface area (Å²) in [5.41, 5.74) is 5.96. The first-order valence-electron chi connectivity index (χ1n) is 7.23. The van der Waals surface area contributed by atoms with Crippen molar-refractivity contribution >= 4 is 5.91 Å². The lowest BCUT2D eigenvalue weighted by Crippen LogP contribution is -2.40. The molecular formula is C14H28N2O3. The zero-order chi connectivity index (χ0) is 14.1. The number of ether oxygens (including phenoxy) is 2. The van der Waals surface area contributed by atoms with Crippen molar-refractivity contribution in [2.75, 3.05) is 33.5 Å². The summed E-state index contributed by atoms with van der Waals surface area (Å²) in [4.78, 5) is 12.0. The van der Waals surface area contributed by atoms with Crippen LogP contribution in [0.5, 0.6) is 0 Å². The molecule has 1 fully saturated rings. The van der Waals surface area contributed by atoms with Gasteiger partial charge >= 0.3 is 0 Å². The molecule has 0 saturated heterocycles. The molecule has 0 spiro atoms. The fourth-order valence-corrected chi connectivity index (χ4v) is 2.65. The van der Waals surface area contributed by atoms with Crippen molar-refractivity contribution in [3.63, 3.8) is 0 Å². The molecular weight excluding hydrogens is 244 g/mol. The molecule has 0 aromatic rings. The molecule has 5 nitrogen and oxygen atoms in total. The first-order valence-corrected chi connectivity index (χ1v) is 7.23. The van der Waals surface area contributed by atoms with Gasteiger partial charge in [-0.3, -0.25) is 4.79 Å². The molecule has 1 rings (SSSR count). The van der Waals surface area contributed by atoms with Gasteiger partial charge in [0.1, 0.15) is 0 Å². The Bertz CT molecular complexity index is 251. The second-order valence-electron chi connectivity index (χ2n) is 5.52. The zero-order valence-electron chi connectivity index (χ0n) is 12.2. The number of nitrogens with two attached hydrogens (primary N) is 1. The maximum atomic E-state index is 12.0. The monoisotopic (exact) mass is 272 g/mol. The molecule has 1 saturated carbocycles. The normalized spacial score (nSPS) is 27.2. The van der Waals surface area contributed by atoms with Crippen LogP contribution in [0.25, 0.3) is 0 Å². The molecule has 3 N–H and O–H groups in total. The quantitative estimate of drug-likeness (QED) is 0.644. The molecule has 0 bridgehead atoms. The molecule has 1 aliphatic rings. The van der Waals surface area contributed by atoms with Crippen molar-refractivity contribution in [1.82, 2.24) is 5.32 Å². The fraction of sp³-hybridized carbons (Fsp3) is 0.929. The van der Waals surface area contributed by atoms with Crippen LogP contribution >= 0.6 is 0 Å². The first-order chi connectivity index (χ1) is 9.13. The second kappa shape index (κ2) is 9.28. The standard InChI is InChI=1S/C14H28N2O3/c1-11-8-12(10-13(15)9-11)14(17)16-4-3-5-19-7-6-18-2/h11-13H,3-10,15H2,1-2H3,(H,16,17). The third-order valence-corrected chi connectivity index (χ3v) is 3.55. The van der Waals surface area contributed by atoms with Crippen molar-refractivity contribution < 1.29 is 14.3 Å². The third kappa shape index (κ3) is 6.89. The van der Waals surface area contributed by atoms with Gasteiger partial charge in [0.2, 0.25) is 5.91 Å². The lowest BCUT2D eigenvalue weighted by atomic mass is 9.79. The Labute approximate surface area is 116 Å². The van der Waals surface area contributed by atoms with Crippen LogP contribution in [0.1, 0.15) is 32.6 Å². The van der Waals surface area contributed by atoms with Gasteiger partial charge in [-0.25, -0.2) is 0 Å². The minimum absolute atomic E-state index is 0.0909. The van der Waals surface area contributed by atoms with Crippen LogP contribution in [-0.4, -0.2) is 45.4 Å². The van der Waals surface area contributed by atoms with E-state index in [2.05, 4.69) is 12.2 Å². The average molecular weight is 272 g/mol. The lowest BCUT2D eigenvalue weighted by molar-refractivity contribution is -0.126. The summed E-state index contributed by atoms with van der Waals surface area (Å²) < 4.78 is 10.2. The van der Waals surface area contributed by atoms with E-state index in [1.807, 2.05) is 0 Å². The van der Waals surface area contributed by atoms with Gasteiger partial charge in [-0.15, -0.1) is 0 Å². The zero-order valence-corrected chi connectivity index (χ0v) is 12.2. The average Bonchev–Trinajstić information content (AvgIpc) is 2.36. The summed E-state index contributed by atoms with van der Waals surface area (Å²) in [6.07, 6.45) is 3.66. The lowest BCUT2D eigenvalue weighted by Gasteiger charge is -2.30. The molecule has 0 aromatic heterocycles. The van der Waals surface area contributed by atoms with Crippen LogP contribution in [0.3, 0.4) is 0 Å². The number of methoxy groups -OCH3 is 1. The van der Waals surface area contributed by atoms with E-state index in [1.54, 1.807) is 7.11 Å². The predicted molar refractivity (Wildman–Crippen MR) is 74.8 cm³/mol. The summed E-state index contributed by atoms with van der Waals surface area (Å²) in [7, 11) is 1.65. The summed E-state index contributed by atoms with van der Waals surface area (Å²) in [5.74, 6) is 0.795. The highest BCUT2D eigenvalue weighted by molar-refractivity contribution is 5.78. The number of nitrogens with one attached hydrogen (secondary N) is 1. The summed E-state index contributed by atoms with van der Waals surface area (Å²) in [6, 6.07) is 0.178. The molecule has 0 aromatic carbocycles. The van der Waals surface area contributed by atoms with Crippen LogP contribution in [-0.2, 0) is 14.3 Å². The van der Waals surface area contributed by atoms with E-state index in [4.69, 9.17) is 15.2 Å². The maximum absolute atomic E-state index is 12.0. The van der Waals surface area contributed by atoms with Gasteiger partial charge in [0, 0.05) is 32.2 Å². The summed E-state index contributed by atoms with van der Waals surface area (Å²) >= 11 is 0. The number of hydrogen-bond acceptors (Lipinski definition) is 4. The van der Waals surface area contributed by atoms with E-state index in [1.165, 1.54) is 0 Å². The van der Waals surface area contributed by atoms with Crippen molar-refractivity contribution in [2.45, 2.75) is 38.6 Å². The molecule has 112 valence electrons. The van der Waals surface area contributed by atoms with E-state index in [0.717, 1.165) is 25.7 Å². The minimum Gasteiger partial charge on any atom is -0.382 e. The van der Waals surface area contributed by atoms with E-state index >= 15 is 0 Å². The number of hydrogen-bond donors (Lipinski definition) is 2. The highest BCUT2D eigenvalue weighted by Gasteiger charge is 2.28. The smallest absolute Gasteiger partial charge is 0.223 e. The van der Waals surface area contributed by atoms with Gasteiger partial charge in [-0.2, -0.15) is 0 Å². The van der Waals surface area contributed by atoms with Gasteiger partial charge in [-0.1, -0.05) is 6.92 Å². The van der Waals surface area contributed by atoms with Crippen molar-refractivity contribution in [1.29, 1.82) is 0 Å². The number of carbonyl (C=O) groups is 1. The molecule has 0 heterocycles. The minimum atomic E-state index is 0.0909. The number of carbonyl (C=O) groups excluding carboxylic acids is 1. The van der Waals surface area contributed by atoms with Gasteiger partial charge < -0.3 is 20.5 Å². The van der Waals surface area contributed by atoms with Crippen LogP contribution in [0.4, 0.5) is 0 Å². The van der Waals surface area contributed by atoms with Crippen molar-refractivity contribution in [2.24, 2.45) is 17.6 Å². The highest BCUT2D eigenvalue weighted by atomic mass is 16.5. The number of amides is 1. The topological polar surface area (TPSA) is 73.6 Å². The first kappa shape index (κ1) is 16.4. The molecule has 3 atom stereocenters. The Morgan fingerprint density at radius 2 is 2.05 bits per heavy atom. The Morgan fingerprint density at radius 3 is 2.74 bits per heavy atom. The Hall–Kier alpha value is -0.650. The van der Waals surface area contributed by atoms with Crippen LogP contribution in [0.15, 0.2) is 0 Å². The van der Waals surface area contributed by atoms with Gasteiger partial charge in [0.25, 0.3) is 0 Å². The highest BCUT2D eigenvalue weighted by Crippen LogP contribution is 2.27. The van der Waals surface area contributed by atoms with Crippen LogP contribution in [0, 0.1) is 11.8 Å². The Morgan fingerprint density at radius 1 is 1.26 bits per heavy atom. The molecule has 3 unspecified atom stereocenters. The number of rotatable bonds is 8. The maximum Gasteiger partial charge on any atom is 0.223 e. The van der Waals surface area contributed by atoms with Crippen molar-refractivity contribution in [3.8, 4) is 0 Å². The molecule has 1 aliphatic carbocycles. The van der Waals surface area contributed by atoms with Crippen molar-refractivity contribution in [3.05, 3.63) is 0 Å². The summed E-state index contributed by atoms with van der Waals surface area (Å²) in [5, 5.41) is 2.98. The predicted octanol–water partition coefficient (Wildman–Crippen LogP) is 0.919. The molecule has 1 amide bonds. The molecule has 0 radical (unpaired) electrons. The Balaban J connectivity index is 2.07. The van der Waals surface area contributed by atoms with Gasteiger partial charge in [-0.05, 0) is 31.6 Å². The molecule has 5 heteroatoms. The van der Waals surface area contributed by atoms with Crippen LogP contribution < -0.4 is 11.1 Å². The van der Waals surface area contributed by atoms with Crippen LogP contribution in [0.2, 0.25) is 0 Å². The Kier molecular flexibility index (Phi) is 8.02. The fourth-order valence-electron chi connectivity index (χ4n) is 2.65. The second-order valence-corrected chi connectivity index (χ2v) is 5.52. The third-order valence-electron chi connectivity index (χ3n) is 3.55. The van der Waals surface area contributed by atoms with E-state index in [9.17, 15) is 4.79 Å². The molecule has 0 aliphatic heterocycles. The van der Waals surface area contributed by atoms with E-state index < -0.39 is 0 Å². The molecule has 19 heavy (non-hydrogen) atoms. The summed E-state index contributed by atoms with van der Waals surface area (Å²) in [6.45, 7) is 4.72. The van der Waals surface area contributed by atoms with E-state index in [0.29, 0.717) is 32.3 Å². The van der Waals surface area contributed by atoms with E-state index in [-0.39, 0.29) is 17.9 Å².